The number of aromatic nitrogens is 2. The lowest BCUT2D eigenvalue weighted by Crippen LogP contribution is -2.40. The van der Waals surface area contributed by atoms with Gasteiger partial charge in [-0.1, -0.05) is 31.0 Å². The molecule has 1 atom stereocenters. The second kappa shape index (κ2) is 10.6. The van der Waals surface area contributed by atoms with Gasteiger partial charge in [0.1, 0.15) is 5.82 Å². The van der Waals surface area contributed by atoms with E-state index in [1.165, 1.54) is 18.2 Å². The number of hydrogen-bond acceptors (Lipinski definition) is 5. The third kappa shape index (κ3) is 5.51. The van der Waals surface area contributed by atoms with Gasteiger partial charge in [0.15, 0.2) is 0 Å². The van der Waals surface area contributed by atoms with Gasteiger partial charge in [0.05, 0.1) is 36.8 Å². The first-order valence-electron chi connectivity index (χ1n) is 12.2. The smallest absolute Gasteiger partial charge is 0.228 e. The molecule has 2 aliphatic rings. The van der Waals surface area contributed by atoms with Gasteiger partial charge in [0.2, 0.25) is 20.9 Å². The molecule has 1 amide bonds. The molecule has 2 aromatic rings. The number of rotatable bonds is 9. The number of sulfone groups is 1. The molecule has 2 fully saturated rings. The van der Waals surface area contributed by atoms with E-state index in [4.69, 9.17) is 4.74 Å². The van der Waals surface area contributed by atoms with Crippen molar-refractivity contribution in [1.29, 1.82) is 0 Å². The van der Waals surface area contributed by atoms with E-state index >= 15 is 0 Å². The van der Waals surface area contributed by atoms with Crippen LogP contribution in [0.25, 0.3) is 0 Å². The van der Waals surface area contributed by atoms with Gasteiger partial charge in [0, 0.05) is 24.1 Å². The molecule has 1 aromatic carbocycles. The van der Waals surface area contributed by atoms with Gasteiger partial charge in [-0.3, -0.25) is 4.79 Å². The highest BCUT2D eigenvalue weighted by Crippen LogP contribution is 2.29. The van der Waals surface area contributed by atoms with E-state index in [9.17, 15) is 17.6 Å². The average Bonchev–Trinajstić information content (AvgIpc) is 3.56. The molecule has 1 unspecified atom stereocenters. The van der Waals surface area contributed by atoms with Crippen LogP contribution >= 0.6 is 0 Å². The fourth-order valence-corrected chi connectivity index (χ4v) is 6.45. The number of hydrogen-bond donors (Lipinski definition) is 0. The molecule has 0 radical (unpaired) electrons. The Kier molecular flexibility index (Phi) is 7.72. The molecule has 7 nitrogen and oxygen atoms in total. The van der Waals surface area contributed by atoms with Crippen LogP contribution in [0, 0.1) is 11.7 Å². The number of ether oxygens (including phenoxy) is 1. The maximum absolute atomic E-state index is 14.2. The zero-order valence-electron chi connectivity index (χ0n) is 20.0. The fraction of sp³-hybridized carbons (Fsp3) is 0.600. The van der Waals surface area contributed by atoms with E-state index in [2.05, 4.69) is 4.98 Å². The van der Waals surface area contributed by atoms with Gasteiger partial charge in [0.25, 0.3) is 0 Å². The van der Waals surface area contributed by atoms with E-state index in [-0.39, 0.29) is 41.2 Å². The SMILES string of the molecule is CC(C)N(Cc1cnc(S(=O)(=O)Cc2ccccc2F)n1CC1CCCO1)C(=O)C1CCCC1. The Bertz CT molecular complexity index is 1100. The summed E-state index contributed by atoms with van der Waals surface area (Å²) in [5.41, 5.74) is 0.763. The van der Waals surface area contributed by atoms with Crippen molar-refractivity contribution in [1.82, 2.24) is 14.5 Å². The van der Waals surface area contributed by atoms with Gasteiger partial charge < -0.3 is 14.2 Å². The summed E-state index contributed by atoms with van der Waals surface area (Å²) in [7, 11) is -3.93. The number of carbonyl (C=O) groups excluding carboxylic acids is 1. The summed E-state index contributed by atoms with van der Waals surface area (Å²) in [6.45, 7) is 5.21. The number of halogens is 1. The van der Waals surface area contributed by atoms with Crippen molar-refractivity contribution in [2.24, 2.45) is 5.92 Å². The standard InChI is InChI=1S/C25H34FN3O4S/c1-18(2)28(24(30)19-8-3-4-9-19)15-21-14-27-25(29(21)16-22-11-7-13-33-22)34(31,32)17-20-10-5-6-12-23(20)26/h5-6,10,12,14,18-19,22H,3-4,7-9,11,13,15-17H2,1-2H3. The lowest BCUT2D eigenvalue weighted by molar-refractivity contribution is -0.137. The van der Waals surface area contributed by atoms with Crippen LogP contribution in [-0.4, -0.2) is 47.5 Å². The van der Waals surface area contributed by atoms with Crippen molar-refractivity contribution >= 4 is 15.7 Å². The number of carbonyl (C=O) groups is 1. The lowest BCUT2D eigenvalue weighted by Gasteiger charge is -2.30. The Morgan fingerprint density at radius 3 is 2.59 bits per heavy atom. The Morgan fingerprint density at radius 1 is 1.21 bits per heavy atom. The van der Waals surface area contributed by atoms with Crippen LogP contribution in [0.15, 0.2) is 35.6 Å². The summed E-state index contributed by atoms with van der Waals surface area (Å²) >= 11 is 0. The molecule has 4 rings (SSSR count). The lowest BCUT2D eigenvalue weighted by atomic mass is 10.1. The Hall–Kier alpha value is -2.26. The van der Waals surface area contributed by atoms with Crippen LogP contribution in [0.4, 0.5) is 4.39 Å². The molecule has 1 aromatic heterocycles. The minimum absolute atomic E-state index is 0.0289. The molecular weight excluding hydrogens is 457 g/mol. The molecule has 0 N–H and O–H groups in total. The average molecular weight is 492 g/mol. The van der Waals surface area contributed by atoms with Gasteiger partial charge in [-0.25, -0.2) is 17.8 Å². The van der Waals surface area contributed by atoms with Crippen molar-refractivity contribution < 1.29 is 22.3 Å². The monoisotopic (exact) mass is 491 g/mol. The molecule has 0 spiro atoms. The topological polar surface area (TPSA) is 81.5 Å². The second-order valence-electron chi connectivity index (χ2n) is 9.67. The highest BCUT2D eigenvalue weighted by molar-refractivity contribution is 7.90. The molecule has 1 saturated heterocycles. The van der Waals surface area contributed by atoms with Crippen molar-refractivity contribution in [3.63, 3.8) is 0 Å². The number of benzene rings is 1. The normalized spacial score (nSPS) is 19.2. The predicted molar refractivity (Wildman–Crippen MR) is 126 cm³/mol. The zero-order chi connectivity index (χ0) is 24.3. The van der Waals surface area contributed by atoms with Crippen molar-refractivity contribution in [3.8, 4) is 0 Å². The zero-order valence-corrected chi connectivity index (χ0v) is 20.8. The van der Waals surface area contributed by atoms with Crippen LogP contribution < -0.4 is 0 Å². The van der Waals surface area contributed by atoms with Crippen LogP contribution in [0.1, 0.15) is 63.6 Å². The molecule has 0 bridgehead atoms. The molecule has 1 aliphatic heterocycles. The van der Waals surface area contributed by atoms with Crippen molar-refractivity contribution in [2.45, 2.75) is 88.5 Å². The van der Waals surface area contributed by atoms with Gasteiger partial charge in [-0.05, 0) is 45.6 Å². The fourth-order valence-electron chi connectivity index (χ4n) is 4.94. The maximum Gasteiger partial charge on any atom is 0.228 e. The maximum atomic E-state index is 14.2. The molecule has 34 heavy (non-hydrogen) atoms. The highest BCUT2D eigenvalue weighted by atomic mass is 32.2. The quantitative estimate of drug-likeness (QED) is 0.528. The molecule has 2 heterocycles. The third-order valence-electron chi connectivity index (χ3n) is 6.84. The van der Waals surface area contributed by atoms with E-state index in [1.54, 1.807) is 16.8 Å². The minimum Gasteiger partial charge on any atom is -0.376 e. The van der Waals surface area contributed by atoms with Crippen molar-refractivity contribution in [2.75, 3.05) is 6.61 Å². The van der Waals surface area contributed by atoms with E-state index in [0.29, 0.717) is 18.8 Å². The minimum atomic E-state index is -3.93. The summed E-state index contributed by atoms with van der Waals surface area (Å²) in [4.78, 5) is 19.4. The number of nitrogens with zero attached hydrogens (tertiary/aromatic N) is 3. The van der Waals surface area contributed by atoms with E-state index < -0.39 is 21.4 Å². The van der Waals surface area contributed by atoms with Gasteiger partial charge in [-0.2, -0.15) is 0 Å². The summed E-state index contributed by atoms with van der Waals surface area (Å²) < 4.78 is 48.4. The Balaban J connectivity index is 1.65. The highest BCUT2D eigenvalue weighted by Gasteiger charge is 2.32. The number of amides is 1. The molecule has 9 heteroatoms. The summed E-state index contributed by atoms with van der Waals surface area (Å²) in [6.07, 6.45) is 7.12. The molecular formula is C25H34FN3O4S. The van der Waals surface area contributed by atoms with Crippen molar-refractivity contribution in [3.05, 3.63) is 47.5 Å². The van der Waals surface area contributed by atoms with Gasteiger partial charge >= 0.3 is 0 Å². The first-order valence-corrected chi connectivity index (χ1v) is 13.8. The summed E-state index contributed by atoms with van der Waals surface area (Å²) in [6, 6.07) is 5.85. The third-order valence-corrected chi connectivity index (χ3v) is 8.41. The molecule has 1 saturated carbocycles. The molecule has 186 valence electrons. The Labute approximate surface area is 201 Å². The van der Waals surface area contributed by atoms with Crippen LogP contribution in [-0.2, 0) is 38.2 Å². The first kappa shape index (κ1) is 24.9. The summed E-state index contributed by atoms with van der Waals surface area (Å²) in [5, 5.41) is -0.0988. The second-order valence-corrected chi connectivity index (χ2v) is 11.6. The predicted octanol–water partition coefficient (Wildman–Crippen LogP) is 4.10. The Morgan fingerprint density at radius 2 is 1.94 bits per heavy atom. The van der Waals surface area contributed by atoms with Crippen LogP contribution in [0.3, 0.4) is 0 Å². The van der Waals surface area contributed by atoms with Crippen LogP contribution in [0.2, 0.25) is 0 Å². The van der Waals surface area contributed by atoms with E-state index in [1.807, 2.05) is 18.7 Å². The van der Waals surface area contributed by atoms with E-state index in [0.717, 1.165) is 38.5 Å². The molecule has 1 aliphatic carbocycles. The summed E-state index contributed by atoms with van der Waals surface area (Å²) in [5.74, 6) is -0.887. The largest absolute Gasteiger partial charge is 0.376 e. The van der Waals surface area contributed by atoms with Gasteiger partial charge in [-0.15, -0.1) is 0 Å². The first-order chi connectivity index (χ1) is 16.3. The van der Waals surface area contributed by atoms with Crippen LogP contribution in [0.5, 0.6) is 0 Å². The number of imidazole rings is 1.